The molecule has 0 spiro atoms. The van der Waals surface area contributed by atoms with Gasteiger partial charge in [0.05, 0.1) is 43.0 Å². The monoisotopic (exact) mass is 941 g/mol. The minimum Gasteiger partial charge on any atom is -0.744 e. The van der Waals surface area contributed by atoms with Gasteiger partial charge in [-0.2, -0.15) is 0 Å². The van der Waals surface area contributed by atoms with E-state index >= 15 is 17.6 Å². The van der Waals surface area contributed by atoms with E-state index in [2.05, 4.69) is 15.0 Å². The molecule has 0 amide bonds. The second kappa shape index (κ2) is 15.5. The first-order chi connectivity index (χ1) is 30.7. The maximum atomic E-state index is 15.9. The number of aromatic nitrogens is 4. The van der Waals surface area contributed by atoms with Gasteiger partial charge in [-0.3, -0.25) is 0 Å². The van der Waals surface area contributed by atoms with Gasteiger partial charge in [-0.15, -0.1) is 0 Å². The molecule has 0 saturated carbocycles. The molecule has 2 aliphatic heterocycles. The topological polar surface area (TPSA) is 229 Å². The van der Waals surface area contributed by atoms with E-state index in [0.29, 0.717) is 16.6 Å². The molecule has 0 atom stereocenters. The van der Waals surface area contributed by atoms with E-state index in [1.54, 1.807) is 18.2 Å². The average Bonchev–Trinajstić information content (AvgIpc) is 4.11. The van der Waals surface area contributed by atoms with Crippen molar-refractivity contribution in [2.24, 2.45) is 0 Å². The van der Waals surface area contributed by atoms with Crippen LogP contribution in [0.4, 0.5) is 22.0 Å². The molecule has 65 heavy (non-hydrogen) atoms. The largest absolute Gasteiger partial charge is 0.744 e. The molecule has 13 nitrogen and oxygen atoms in total. The zero-order valence-electron chi connectivity index (χ0n) is 32.2. The highest BCUT2D eigenvalue weighted by atomic mass is 32.2. The number of hydrogen-bond donors (Lipinski definition) is 2. The van der Waals surface area contributed by atoms with Crippen LogP contribution in [0, 0.1) is 29.1 Å². The van der Waals surface area contributed by atoms with E-state index in [9.17, 15) is 43.3 Å². The molecule has 5 heterocycles. The smallest absolute Gasteiger partial charge is 0.200 e. The molecule has 9 rings (SSSR count). The number of H-pyrrole nitrogens is 2. The van der Waals surface area contributed by atoms with Crippen LogP contribution in [0.3, 0.4) is 0 Å². The van der Waals surface area contributed by atoms with Gasteiger partial charge in [-0.05, 0) is 102 Å². The van der Waals surface area contributed by atoms with Crippen LogP contribution < -0.4 is 0 Å². The third kappa shape index (κ3) is 7.72. The lowest BCUT2D eigenvalue weighted by Crippen LogP contribution is -2.05. The Kier molecular flexibility index (Phi) is 10.3. The van der Waals surface area contributed by atoms with Crippen LogP contribution in [0.15, 0.2) is 112 Å². The number of hydrogen-bond acceptors (Lipinski definition) is 11. The summed E-state index contributed by atoms with van der Waals surface area (Å²) in [5.41, 5.74) is -0.0447. The SMILES string of the molecule is O=S(=O)([O-])c1ccc(-c2c3nc(c(-c4ccc(S(=O)(=O)[O-])cc4)c4ccc([nH]4)c(-c4c(F)c(F)c(F)c(F)c4F)c4nc(c(-c5ccc(S(=O)(=O)[O-])cc5)c5ccc2[nH]5)C=C4)C=C3)cc1. The number of nitrogens with zero attached hydrogens (tertiary/aromatic N) is 2. The summed E-state index contributed by atoms with van der Waals surface area (Å²) >= 11 is 0. The van der Waals surface area contributed by atoms with E-state index in [-0.39, 0.29) is 61.6 Å². The molecule has 7 aromatic rings. The molecular weight excluding hydrogens is 920 g/mol. The van der Waals surface area contributed by atoms with Crippen LogP contribution in [0.5, 0.6) is 0 Å². The minimum absolute atomic E-state index is 0.00678. The summed E-state index contributed by atoms with van der Waals surface area (Å²) in [4.78, 5) is 14.0. The minimum atomic E-state index is -4.91. The molecule has 21 heteroatoms. The molecule has 328 valence electrons. The molecule has 0 aliphatic carbocycles. The van der Waals surface area contributed by atoms with Crippen LogP contribution in [0.1, 0.15) is 22.8 Å². The third-order valence-electron chi connectivity index (χ3n) is 10.5. The molecule has 3 aromatic heterocycles. The van der Waals surface area contributed by atoms with Gasteiger partial charge in [-0.1, -0.05) is 36.4 Å². The molecule has 0 fully saturated rings. The summed E-state index contributed by atoms with van der Waals surface area (Å²) in [6.45, 7) is 0. The van der Waals surface area contributed by atoms with E-state index in [1.807, 2.05) is 0 Å². The van der Waals surface area contributed by atoms with Crippen molar-refractivity contribution in [3.8, 4) is 44.5 Å². The standard InChI is InChI=1S/C44H25F5N4O9S3/c45-40-39(41(46)43(48)44(49)42(40)47)38-33-19-17-31(52-33)36(22-3-9-25(10-4-22)64(57,58)59)29-15-13-27(50-29)35(21-1-7-24(8-2-21)63(54,55)56)28-14-16-30(51-28)37(32-18-20-34(38)53-32)23-5-11-26(12-6-23)65(60,61)62/h1-20,50,53H,(H,54,55,56)(H,57,58,59)(H,60,61,62)/p-3. The lowest BCUT2D eigenvalue weighted by Gasteiger charge is -2.11. The molecule has 2 N–H and O–H groups in total. The first-order valence-corrected chi connectivity index (χ1v) is 22.8. The van der Waals surface area contributed by atoms with Crippen molar-refractivity contribution in [2.75, 3.05) is 0 Å². The second-order valence-electron chi connectivity index (χ2n) is 14.4. The number of aromatic amines is 2. The highest BCUT2D eigenvalue weighted by Gasteiger charge is 2.30. The van der Waals surface area contributed by atoms with Crippen molar-refractivity contribution in [2.45, 2.75) is 14.7 Å². The van der Waals surface area contributed by atoms with Gasteiger partial charge >= 0.3 is 0 Å². The predicted molar refractivity (Wildman–Crippen MR) is 224 cm³/mol. The number of halogens is 5. The zero-order valence-corrected chi connectivity index (χ0v) is 34.7. The molecule has 0 saturated heterocycles. The van der Waals surface area contributed by atoms with E-state index < -0.39 is 85.3 Å². The van der Waals surface area contributed by atoms with Crippen LogP contribution in [0.25, 0.3) is 90.9 Å². The maximum absolute atomic E-state index is 15.9. The average molecular weight is 942 g/mol. The van der Waals surface area contributed by atoms with Gasteiger partial charge in [0.15, 0.2) is 23.3 Å². The predicted octanol–water partition coefficient (Wildman–Crippen LogP) is 8.73. The Morgan fingerprint density at radius 2 is 0.585 bits per heavy atom. The van der Waals surface area contributed by atoms with Crippen LogP contribution in [-0.4, -0.2) is 58.8 Å². The molecule has 4 aromatic carbocycles. The summed E-state index contributed by atoms with van der Waals surface area (Å²) < 4.78 is 183. The lowest BCUT2D eigenvalue weighted by molar-refractivity contribution is 0.381. The molecule has 8 bridgehead atoms. The summed E-state index contributed by atoms with van der Waals surface area (Å²) in [6.07, 6.45) is 5.69. The Hall–Kier alpha value is -7.14. The second-order valence-corrected chi connectivity index (χ2v) is 18.5. The maximum Gasteiger partial charge on any atom is 0.200 e. The Balaban J connectivity index is 1.48. The van der Waals surface area contributed by atoms with Crippen molar-refractivity contribution in [1.29, 1.82) is 0 Å². The van der Waals surface area contributed by atoms with Crippen molar-refractivity contribution in [1.82, 2.24) is 19.9 Å². The normalized spacial score (nSPS) is 12.9. The van der Waals surface area contributed by atoms with Gasteiger partial charge in [0, 0.05) is 44.3 Å². The Labute approximate surface area is 364 Å². The first-order valence-electron chi connectivity index (χ1n) is 18.6. The Morgan fingerprint density at radius 3 is 0.862 bits per heavy atom. The lowest BCUT2D eigenvalue weighted by atomic mass is 10.0. The van der Waals surface area contributed by atoms with Crippen molar-refractivity contribution < 1.29 is 60.9 Å². The quantitative estimate of drug-likeness (QED) is 0.0664. The number of rotatable bonds is 7. The van der Waals surface area contributed by atoms with Gasteiger partial charge in [0.1, 0.15) is 30.4 Å². The van der Waals surface area contributed by atoms with Gasteiger partial charge in [-0.25, -0.2) is 57.2 Å². The fourth-order valence-electron chi connectivity index (χ4n) is 7.57. The van der Waals surface area contributed by atoms with Crippen molar-refractivity contribution >= 4 is 76.7 Å². The molecule has 2 aliphatic rings. The summed E-state index contributed by atoms with van der Waals surface area (Å²) in [5.74, 6) is -11.3. The number of nitrogens with one attached hydrogen (secondary N) is 2. The third-order valence-corrected chi connectivity index (χ3v) is 13.1. The Morgan fingerprint density at radius 1 is 0.338 bits per heavy atom. The molecule has 0 unspecified atom stereocenters. The van der Waals surface area contributed by atoms with Crippen LogP contribution in [-0.2, 0) is 30.4 Å². The van der Waals surface area contributed by atoms with Gasteiger partial charge < -0.3 is 23.6 Å². The molecule has 0 radical (unpaired) electrons. The summed E-state index contributed by atoms with van der Waals surface area (Å²) in [6, 6.07) is 20.0. The van der Waals surface area contributed by atoms with E-state index in [1.165, 1.54) is 66.8 Å². The van der Waals surface area contributed by atoms with Crippen molar-refractivity contribution in [3.63, 3.8) is 0 Å². The highest BCUT2D eigenvalue weighted by molar-refractivity contribution is 7.86. The summed E-state index contributed by atoms with van der Waals surface area (Å²) in [7, 11) is -14.7. The Bertz CT molecular complexity index is 3680. The fourth-order valence-corrected chi connectivity index (χ4v) is 8.98. The first kappa shape index (κ1) is 43.1. The van der Waals surface area contributed by atoms with Crippen molar-refractivity contribution in [3.05, 3.63) is 149 Å². The highest BCUT2D eigenvalue weighted by Crippen LogP contribution is 2.41. The van der Waals surface area contributed by atoms with Crippen LogP contribution >= 0.6 is 0 Å². The summed E-state index contributed by atoms with van der Waals surface area (Å²) in [5, 5.41) is 0. The zero-order chi connectivity index (χ0) is 46.3. The van der Waals surface area contributed by atoms with Gasteiger partial charge in [0.25, 0.3) is 0 Å². The van der Waals surface area contributed by atoms with E-state index in [4.69, 9.17) is 4.98 Å². The fraction of sp³-hybridized carbons (Fsp3) is 0. The van der Waals surface area contributed by atoms with Crippen LogP contribution in [0.2, 0.25) is 0 Å². The number of benzene rings is 4. The number of fused-ring (bicyclic) bond motifs is 8. The molecular formula is C44H22F5N4O9S3-3. The van der Waals surface area contributed by atoms with E-state index in [0.717, 1.165) is 36.4 Å². The van der Waals surface area contributed by atoms with Gasteiger partial charge in [0.2, 0.25) is 5.82 Å².